The van der Waals surface area contributed by atoms with Crippen LogP contribution in [0.25, 0.3) is 11.0 Å². The number of nitrogens with one attached hydrogen (secondary N) is 2. The van der Waals surface area contributed by atoms with Crippen molar-refractivity contribution < 1.29 is 9.53 Å². The maximum atomic E-state index is 13.3. The Morgan fingerprint density at radius 3 is 2.97 bits per heavy atom. The highest BCUT2D eigenvalue weighted by Gasteiger charge is 2.41. The van der Waals surface area contributed by atoms with Crippen LogP contribution >= 0.6 is 0 Å². The molecule has 2 aliphatic rings. The van der Waals surface area contributed by atoms with Crippen LogP contribution < -0.4 is 10.6 Å². The first-order chi connectivity index (χ1) is 14.1. The van der Waals surface area contributed by atoms with Crippen molar-refractivity contribution in [3.63, 3.8) is 0 Å². The highest BCUT2D eigenvalue weighted by Crippen LogP contribution is 2.37. The lowest BCUT2D eigenvalue weighted by Gasteiger charge is -2.33. The van der Waals surface area contributed by atoms with Gasteiger partial charge in [-0.25, -0.2) is 9.67 Å². The van der Waals surface area contributed by atoms with E-state index in [2.05, 4.69) is 23.6 Å². The summed E-state index contributed by atoms with van der Waals surface area (Å²) in [7, 11) is 1.96. The topological polar surface area (TPSA) is 84.3 Å². The predicted octanol–water partition coefficient (Wildman–Crippen LogP) is 1.39. The van der Waals surface area contributed by atoms with Gasteiger partial charge in [-0.15, -0.1) is 0 Å². The molecule has 1 amide bonds. The van der Waals surface area contributed by atoms with Gasteiger partial charge in [0.2, 0.25) is 0 Å². The summed E-state index contributed by atoms with van der Waals surface area (Å²) in [6.07, 6.45) is 2.67. The van der Waals surface area contributed by atoms with Crippen molar-refractivity contribution in [1.82, 2.24) is 30.3 Å². The molecule has 158 valence electrons. The van der Waals surface area contributed by atoms with Crippen LogP contribution in [0.5, 0.6) is 0 Å². The maximum Gasteiger partial charge on any atom is 0.253 e. The van der Waals surface area contributed by atoms with Crippen molar-refractivity contribution in [2.75, 3.05) is 33.3 Å². The summed E-state index contributed by atoms with van der Waals surface area (Å²) >= 11 is 0. The Bertz CT molecular complexity index is 856. The first-order valence-corrected chi connectivity index (χ1v) is 10.7. The molecule has 8 nitrogen and oxygen atoms in total. The Hall–Kier alpha value is -2.03. The van der Waals surface area contributed by atoms with Crippen molar-refractivity contribution in [3.05, 3.63) is 23.5 Å². The third-order valence-electron chi connectivity index (χ3n) is 5.77. The zero-order chi connectivity index (χ0) is 20.4. The predicted molar refractivity (Wildman–Crippen MR) is 112 cm³/mol. The largest absolute Gasteiger partial charge is 0.366 e. The molecule has 1 aliphatic carbocycles. The van der Waals surface area contributed by atoms with E-state index in [4.69, 9.17) is 14.8 Å². The molecule has 0 radical (unpaired) electrons. The Kier molecular flexibility index (Phi) is 6.12. The zero-order valence-electron chi connectivity index (χ0n) is 17.6. The number of amides is 1. The first-order valence-electron chi connectivity index (χ1n) is 10.7. The van der Waals surface area contributed by atoms with Crippen LogP contribution in [0.3, 0.4) is 0 Å². The van der Waals surface area contributed by atoms with Crippen LogP contribution in [0, 0.1) is 6.92 Å². The molecule has 29 heavy (non-hydrogen) atoms. The van der Waals surface area contributed by atoms with E-state index in [1.54, 1.807) is 0 Å². The average molecular weight is 401 g/mol. The number of aryl methyl sites for hydroxylation is 2. The van der Waals surface area contributed by atoms with Crippen LogP contribution in [-0.2, 0) is 16.1 Å². The van der Waals surface area contributed by atoms with E-state index in [1.165, 1.54) is 0 Å². The molecule has 2 fully saturated rings. The normalized spacial score (nSPS) is 20.7. The van der Waals surface area contributed by atoms with Gasteiger partial charge in [-0.05, 0) is 58.8 Å². The summed E-state index contributed by atoms with van der Waals surface area (Å²) in [6, 6.07) is 4.29. The van der Waals surface area contributed by atoms with Crippen LogP contribution in [0.1, 0.15) is 43.6 Å². The molecule has 4 rings (SSSR count). The van der Waals surface area contributed by atoms with Crippen LogP contribution in [0.4, 0.5) is 0 Å². The molecule has 2 aromatic rings. The lowest BCUT2D eigenvalue weighted by atomic mass is 10.1. The summed E-state index contributed by atoms with van der Waals surface area (Å²) in [5.74, 6) is 0.0742. The molecule has 2 atom stereocenters. The molecule has 1 saturated carbocycles. The standard InChI is InChI=1S/C21H32N6O2/c1-14-5-8-17-19(25-26(20(17)24-14)11-4-9-22-3)15(2)27(16-6-7-16)21(28)18-13-23-10-12-29-18/h5,8,15-16,18,22-23H,4,6-7,9-13H2,1-3H3. The van der Waals surface area contributed by atoms with E-state index in [9.17, 15) is 4.79 Å². The van der Waals surface area contributed by atoms with Gasteiger partial charge >= 0.3 is 0 Å². The fourth-order valence-electron chi connectivity index (χ4n) is 4.10. The van der Waals surface area contributed by atoms with E-state index in [-0.39, 0.29) is 18.0 Å². The van der Waals surface area contributed by atoms with Gasteiger partial charge in [-0.3, -0.25) is 4.79 Å². The van der Waals surface area contributed by atoms with Crippen LogP contribution in [0.2, 0.25) is 0 Å². The van der Waals surface area contributed by atoms with Gasteiger partial charge in [0.25, 0.3) is 5.91 Å². The quantitative estimate of drug-likeness (QED) is 0.652. The number of aromatic nitrogens is 3. The number of carbonyl (C=O) groups is 1. The third kappa shape index (κ3) is 4.29. The first kappa shape index (κ1) is 20.3. The molecule has 0 bridgehead atoms. The van der Waals surface area contributed by atoms with Crippen molar-refractivity contribution in [2.24, 2.45) is 0 Å². The van der Waals surface area contributed by atoms with E-state index in [0.717, 1.165) is 61.3 Å². The van der Waals surface area contributed by atoms with Gasteiger partial charge in [-0.1, -0.05) is 0 Å². The Labute approximate surface area is 172 Å². The van der Waals surface area contributed by atoms with E-state index >= 15 is 0 Å². The van der Waals surface area contributed by atoms with E-state index < -0.39 is 6.10 Å². The summed E-state index contributed by atoms with van der Waals surface area (Å²) in [5.41, 5.74) is 2.81. The lowest BCUT2D eigenvalue weighted by molar-refractivity contribution is -0.148. The molecular weight excluding hydrogens is 368 g/mol. The number of nitrogens with zero attached hydrogens (tertiary/aromatic N) is 4. The molecule has 0 aromatic carbocycles. The van der Waals surface area contributed by atoms with Gasteiger partial charge in [0.15, 0.2) is 5.65 Å². The lowest BCUT2D eigenvalue weighted by Crippen LogP contribution is -2.50. The van der Waals surface area contributed by atoms with Crippen molar-refractivity contribution in [1.29, 1.82) is 0 Å². The number of rotatable bonds is 8. The number of ether oxygens (including phenoxy) is 1. The van der Waals surface area contributed by atoms with Crippen LogP contribution in [0.15, 0.2) is 12.1 Å². The molecule has 2 N–H and O–H groups in total. The second-order valence-corrected chi connectivity index (χ2v) is 8.11. The van der Waals surface area contributed by atoms with E-state index in [1.807, 2.05) is 29.6 Å². The molecular formula is C21H32N6O2. The highest BCUT2D eigenvalue weighted by atomic mass is 16.5. The third-order valence-corrected chi connectivity index (χ3v) is 5.77. The van der Waals surface area contributed by atoms with Gasteiger partial charge in [-0.2, -0.15) is 5.10 Å². The van der Waals surface area contributed by atoms with Gasteiger partial charge in [0, 0.05) is 36.8 Å². The van der Waals surface area contributed by atoms with Crippen molar-refractivity contribution in [2.45, 2.75) is 57.8 Å². The minimum Gasteiger partial charge on any atom is -0.366 e. The molecule has 0 spiro atoms. The smallest absolute Gasteiger partial charge is 0.253 e. The second-order valence-electron chi connectivity index (χ2n) is 8.11. The summed E-state index contributed by atoms with van der Waals surface area (Å²) in [4.78, 5) is 20.1. The highest BCUT2D eigenvalue weighted by molar-refractivity contribution is 5.84. The molecule has 2 aromatic heterocycles. The average Bonchev–Trinajstić information content (AvgIpc) is 3.50. The molecule has 2 unspecified atom stereocenters. The number of hydrogen-bond donors (Lipinski definition) is 2. The van der Waals surface area contributed by atoms with E-state index in [0.29, 0.717) is 13.2 Å². The molecule has 3 heterocycles. The summed E-state index contributed by atoms with van der Waals surface area (Å²) in [6.45, 7) is 7.77. The van der Waals surface area contributed by atoms with Crippen molar-refractivity contribution in [3.8, 4) is 0 Å². The fraction of sp³-hybridized carbons (Fsp3) is 0.667. The van der Waals surface area contributed by atoms with Gasteiger partial charge in [0.1, 0.15) is 6.10 Å². The van der Waals surface area contributed by atoms with Gasteiger partial charge < -0.3 is 20.3 Å². The van der Waals surface area contributed by atoms with Gasteiger partial charge in [0.05, 0.1) is 18.3 Å². The number of hydrogen-bond acceptors (Lipinski definition) is 6. The summed E-state index contributed by atoms with van der Waals surface area (Å²) < 4.78 is 7.76. The molecule has 1 saturated heterocycles. The monoisotopic (exact) mass is 400 g/mol. The molecule has 8 heteroatoms. The number of morpholine rings is 1. The van der Waals surface area contributed by atoms with Crippen molar-refractivity contribution >= 4 is 16.9 Å². The SMILES string of the molecule is CNCCCn1nc(C(C)N(C(=O)C2CNCCO2)C2CC2)c2ccc(C)nc21. The number of fused-ring (bicyclic) bond motifs is 1. The summed E-state index contributed by atoms with van der Waals surface area (Å²) in [5, 5.41) is 12.4. The Morgan fingerprint density at radius 2 is 2.28 bits per heavy atom. The van der Waals surface area contributed by atoms with Crippen LogP contribution in [-0.4, -0.2) is 71.0 Å². The second kappa shape index (κ2) is 8.77. The number of pyridine rings is 1. The maximum absolute atomic E-state index is 13.3. The zero-order valence-corrected chi connectivity index (χ0v) is 17.6. The fourth-order valence-corrected chi connectivity index (χ4v) is 4.10. The molecule has 1 aliphatic heterocycles. The number of carbonyl (C=O) groups excluding carboxylic acids is 1. The Morgan fingerprint density at radius 1 is 1.45 bits per heavy atom. The minimum atomic E-state index is -0.406. The Balaban J connectivity index is 1.65. The minimum absolute atomic E-state index is 0.0742.